The topological polar surface area (TPSA) is 6.48 Å². The highest BCUT2D eigenvalue weighted by Gasteiger charge is 2.41. The number of nitrogens with zero attached hydrogens (tertiary/aromatic N) is 2. The summed E-state index contributed by atoms with van der Waals surface area (Å²) in [5.74, 6) is 1.28. The van der Waals surface area contributed by atoms with Crippen molar-refractivity contribution < 1.29 is 0 Å². The first-order chi connectivity index (χ1) is 30.3. The van der Waals surface area contributed by atoms with E-state index in [0.29, 0.717) is 11.8 Å². The maximum Gasteiger partial charge on any atom is 0.0540 e. The van der Waals surface area contributed by atoms with Gasteiger partial charge in [0.1, 0.15) is 0 Å². The minimum atomic E-state index is -0.106. The summed E-state index contributed by atoms with van der Waals surface area (Å²) < 4.78 is 0. The molecule has 8 aromatic rings. The Labute approximate surface area is 369 Å². The Morgan fingerprint density at radius 2 is 0.935 bits per heavy atom. The zero-order valence-corrected chi connectivity index (χ0v) is 36.5. The van der Waals surface area contributed by atoms with Crippen LogP contribution in [0.2, 0.25) is 0 Å². The molecule has 0 N–H and O–H groups in total. The molecule has 0 aliphatic heterocycles. The van der Waals surface area contributed by atoms with Gasteiger partial charge in [0.15, 0.2) is 0 Å². The first-order valence-corrected chi connectivity index (χ1v) is 22.6. The van der Waals surface area contributed by atoms with E-state index >= 15 is 0 Å². The summed E-state index contributed by atoms with van der Waals surface area (Å²) in [5.41, 5.74) is 17.5. The monoisotopic (exact) mass is 804 g/mol. The number of hydrogen-bond donors (Lipinski definition) is 0. The second kappa shape index (κ2) is 16.3. The van der Waals surface area contributed by atoms with Gasteiger partial charge in [0, 0.05) is 44.8 Å². The number of anilines is 6. The SMILES string of the molecule is CC(C)C1CCCC(c2ccc(N(c3ccccc3)c3ccccc3)cc2)(c2ccc(N(c3ccc4c(c3)C(C)(C)c3ccccc3-4)c3ccccc3-c3ccccc3)cc2)C1. The van der Waals surface area contributed by atoms with E-state index in [0.717, 1.165) is 29.9 Å². The van der Waals surface area contributed by atoms with E-state index in [-0.39, 0.29) is 10.8 Å². The van der Waals surface area contributed by atoms with Gasteiger partial charge in [-0.2, -0.15) is 0 Å². The van der Waals surface area contributed by atoms with E-state index in [1.165, 1.54) is 74.4 Å². The van der Waals surface area contributed by atoms with E-state index in [2.05, 4.69) is 244 Å². The van der Waals surface area contributed by atoms with Gasteiger partial charge >= 0.3 is 0 Å². The summed E-state index contributed by atoms with van der Waals surface area (Å²) in [4.78, 5) is 4.86. The Hall–Kier alpha value is -6.64. The molecule has 2 heteroatoms. The molecule has 8 aromatic carbocycles. The maximum atomic E-state index is 2.49. The quantitative estimate of drug-likeness (QED) is 0.136. The molecule has 1 saturated carbocycles. The van der Waals surface area contributed by atoms with Crippen LogP contribution in [-0.4, -0.2) is 0 Å². The molecule has 0 bridgehead atoms. The van der Waals surface area contributed by atoms with Crippen LogP contribution in [0.15, 0.2) is 206 Å². The summed E-state index contributed by atoms with van der Waals surface area (Å²) >= 11 is 0. The summed E-state index contributed by atoms with van der Waals surface area (Å²) in [6, 6.07) is 76.5. The Bertz CT molecular complexity index is 2750. The van der Waals surface area contributed by atoms with Crippen LogP contribution >= 0.6 is 0 Å². The standard InChI is InChI=1S/C60H56N2/c1-43(2)45-21-18-40-60(42-45,46-30-34-50(35-31-46)61(48-22-10-6-11-23-48)49-24-12-7-13-25-49)47-32-36-51(37-33-47)62(58-29-17-15-26-53(58)44-19-8-5-9-20-44)52-38-39-55-54-27-14-16-28-56(54)59(3,4)57(55)41-52/h5-17,19-20,22-39,41,43,45H,18,21,40,42H2,1-4H3. The minimum Gasteiger partial charge on any atom is -0.311 e. The fourth-order valence-electron chi connectivity index (χ4n) is 10.8. The number of fused-ring (bicyclic) bond motifs is 3. The van der Waals surface area contributed by atoms with Crippen molar-refractivity contribution in [1.82, 2.24) is 0 Å². The molecule has 10 rings (SSSR count). The van der Waals surface area contributed by atoms with Crippen molar-refractivity contribution >= 4 is 34.1 Å². The number of para-hydroxylation sites is 3. The fourth-order valence-corrected chi connectivity index (χ4v) is 10.8. The highest BCUT2D eigenvalue weighted by molar-refractivity contribution is 5.90. The predicted molar refractivity (Wildman–Crippen MR) is 263 cm³/mol. The summed E-state index contributed by atoms with van der Waals surface area (Å²) in [7, 11) is 0. The van der Waals surface area contributed by atoms with Crippen LogP contribution in [0.5, 0.6) is 0 Å². The van der Waals surface area contributed by atoms with Gasteiger partial charge in [-0.15, -0.1) is 0 Å². The lowest BCUT2D eigenvalue weighted by Crippen LogP contribution is -2.36. The molecule has 2 unspecified atom stereocenters. The van der Waals surface area contributed by atoms with Crippen LogP contribution in [0.4, 0.5) is 34.1 Å². The molecule has 2 atom stereocenters. The summed E-state index contributed by atoms with van der Waals surface area (Å²) in [6.45, 7) is 9.59. The maximum absolute atomic E-state index is 2.49. The molecule has 2 aliphatic rings. The van der Waals surface area contributed by atoms with Crippen molar-refractivity contribution in [1.29, 1.82) is 0 Å². The van der Waals surface area contributed by atoms with Crippen LogP contribution in [0.1, 0.15) is 75.6 Å². The smallest absolute Gasteiger partial charge is 0.0540 e. The van der Waals surface area contributed by atoms with Crippen molar-refractivity contribution in [2.24, 2.45) is 11.8 Å². The molecule has 1 fully saturated rings. The highest BCUT2D eigenvalue weighted by atomic mass is 15.1. The van der Waals surface area contributed by atoms with E-state index in [1.807, 2.05) is 0 Å². The van der Waals surface area contributed by atoms with Gasteiger partial charge in [0.25, 0.3) is 0 Å². The van der Waals surface area contributed by atoms with Gasteiger partial charge in [-0.1, -0.05) is 180 Å². The van der Waals surface area contributed by atoms with E-state index in [1.54, 1.807) is 0 Å². The van der Waals surface area contributed by atoms with E-state index in [9.17, 15) is 0 Å². The fraction of sp³-hybridized carbons (Fsp3) is 0.200. The molecule has 306 valence electrons. The van der Waals surface area contributed by atoms with Crippen molar-refractivity contribution in [2.45, 2.75) is 64.2 Å². The van der Waals surface area contributed by atoms with Gasteiger partial charge < -0.3 is 9.80 Å². The normalized spacial score (nSPS) is 17.6. The Morgan fingerprint density at radius 1 is 0.452 bits per heavy atom. The summed E-state index contributed by atoms with van der Waals surface area (Å²) in [5, 5.41) is 0. The van der Waals surface area contributed by atoms with Crippen molar-refractivity contribution in [3.05, 3.63) is 229 Å². The molecular weight excluding hydrogens is 749 g/mol. The lowest BCUT2D eigenvalue weighted by molar-refractivity contribution is 0.207. The van der Waals surface area contributed by atoms with E-state index < -0.39 is 0 Å². The third-order valence-corrected chi connectivity index (χ3v) is 14.2. The van der Waals surface area contributed by atoms with Gasteiger partial charge in [-0.3, -0.25) is 0 Å². The van der Waals surface area contributed by atoms with E-state index in [4.69, 9.17) is 0 Å². The predicted octanol–water partition coefficient (Wildman–Crippen LogP) is 16.7. The van der Waals surface area contributed by atoms with Crippen LogP contribution < -0.4 is 9.80 Å². The van der Waals surface area contributed by atoms with Crippen LogP contribution in [-0.2, 0) is 10.8 Å². The van der Waals surface area contributed by atoms with Crippen LogP contribution in [0.25, 0.3) is 22.3 Å². The number of benzene rings is 8. The van der Waals surface area contributed by atoms with Gasteiger partial charge in [-0.05, 0) is 130 Å². The molecule has 0 amide bonds. The van der Waals surface area contributed by atoms with Gasteiger partial charge in [0.2, 0.25) is 0 Å². The number of hydrogen-bond acceptors (Lipinski definition) is 2. The Balaban J connectivity index is 1.08. The second-order valence-corrected chi connectivity index (χ2v) is 18.4. The molecule has 62 heavy (non-hydrogen) atoms. The Morgan fingerprint density at radius 3 is 1.55 bits per heavy atom. The van der Waals surface area contributed by atoms with Crippen molar-refractivity contribution in [2.75, 3.05) is 9.80 Å². The average Bonchev–Trinajstić information content (AvgIpc) is 3.56. The zero-order chi connectivity index (χ0) is 42.3. The lowest BCUT2D eigenvalue weighted by atomic mass is 9.60. The first kappa shape index (κ1) is 39.5. The third kappa shape index (κ3) is 7.02. The molecule has 0 spiro atoms. The van der Waals surface area contributed by atoms with Crippen molar-refractivity contribution in [3.8, 4) is 22.3 Å². The third-order valence-electron chi connectivity index (χ3n) is 14.2. The average molecular weight is 805 g/mol. The van der Waals surface area contributed by atoms with Gasteiger partial charge in [-0.25, -0.2) is 0 Å². The number of rotatable bonds is 10. The molecule has 2 nitrogen and oxygen atoms in total. The summed E-state index contributed by atoms with van der Waals surface area (Å²) in [6.07, 6.45) is 4.78. The molecule has 0 aromatic heterocycles. The first-order valence-electron chi connectivity index (χ1n) is 22.6. The minimum absolute atomic E-state index is 0.0925. The molecule has 2 aliphatic carbocycles. The highest BCUT2D eigenvalue weighted by Crippen LogP contribution is 2.53. The van der Waals surface area contributed by atoms with Gasteiger partial charge in [0.05, 0.1) is 5.69 Å². The molecule has 0 heterocycles. The second-order valence-electron chi connectivity index (χ2n) is 18.4. The molecular formula is C60H56N2. The van der Waals surface area contributed by atoms with Crippen molar-refractivity contribution in [3.63, 3.8) is 0 Å². The lowest BCUT2D eigenvalue weighted by Gasteiger charge is -2.44. The Kier molecular flexibility index (Phi) is 10.4. The molecule has 0 radical (unpaired) electrons. The van der Waals surface area contributed by atoms with Crippen LogP contribution in [0, 0.1) is 11.8 Å². The molecule has 0 saturated heterocycles. The zero-order valence-electron chi connectivity index (χ0n) is 36.5. The largest absolute Gasteiger partial charge is 0.311 e. The van der Waals surface area contributed by atoms with Crippen LogP contribution in [0.3, 0.4) is 0 Å².